The number of methoxy groups -OCH3 is 1. The predicted molar refractivity (Wildman–Crippen MR) is 233 cm³/mol. The van der Waals surface area contributed by atoms with E-state index in [-0.39, 0.29) is 23.3 Å². The molecular weight excluding hydrogens is 837 g/mol. The molecule has 17 heteroatoms. The van der Waals surface area contributed by atoms with Crippen LogP contribution in [0.5, 0.6) is 11.5 Å². The molecule has 2 aromatic rings. The highest BCUT2D eigenvalue weighted by Crippen LogP contribution is 2.55. The largest absolute Gasteiger partial charge is 0.497 e. The lowest BCUT2D eigenvalue weighted by Gasteiger charge is -2.41. The summed E-state index contributed by atoms with van der Waals surface area (Å²) in [4.78, 5) is 63.2. The molecule has 6 rings (SSSR count). The third-order valence-corrected chi connectivity index (χ3v) is 14.4. The molecule has 4 amide bonds. The van der Waals surface area contributed by atoms with Crippen molar-refractivity contribution in [1.29, 1.82) is 0 Å². The van der Waals surface area contributed by atoms with Crippen molar-refractivity contribution in [2.75, 3.05) is 13.7 Å². The number of pyridine rings is 1. The Labute approximate surface area is 368 Å². The van der Waals surface area contributed by atoms with Crippen LogP contribution < -0.4 is 24.8 Å². The number of ether oxygens (including phenoxy) is 3. The van der Waals surface area contributed by atoms with Crippen LogP contribution in [0.3, 0.4) is 0 Å². The highest BCUT2D eigenvalue weighted by molar-refractivity contribution is 7.91. The van der Waals surface area contributed by atoms with E-state index in [0.29, 0.717) is 36.9 Å². The molecule has 0 bridgehead atoms. The highest BCUT2D eigenvalue weighted by atomic mass is 32.2. The topological polar surface area (TPSA) is 182 Å². The Hall–Kier alpha value is -5.28. The number of amides is 4. The Kier molecular flexibility index (Phi) is 13.0. The first-order chi connectivity index (χ1) is 29.4. The Morgan fingerprint density at radius 1 is 1.13 bits per heavy atom. The summed E-state index contributed by atoms with van der Waals surface area (Å²) in [7, 11) is -2.78. The van der Waals surface area contributed by atoms with Gasteiger partial charge in [-0.1, -0.05) is 38.8 Å². The van der Waals surface area contributed by atoms with E-state index >= 15 is 13.6 Å². The van der Waals surface area contributed by atoms with Crippen molar-refractivity contribution in [1.82, 2.24) is 25.2 Å². The van der Waals surface area contributed by atoms with E-state index in [1.807, 2.05) is 0 Å². The maximum atomic E-state index is 17.2. The number of carbonyl (C=O) groups is 4. The number of likely N-dealkylation sites (tertiary alicyclic amines) is 1. The number of alkyl carbamates (subject to hydrolysis) is 1. The molecule has 14 nitrogen and oxygen atoms in total. The molecule has 2 aliphatic heterocycles. The number of benzene rings is 1. The summed E-state index contributed by atoms with van der Waals surface area (Å²) in [5.41, 5.74) is -1.96. The van der Waals surface area contributed by atoms with Gasteiger partial charge >= 0.3 is 6.09 Å². The van der Waals surface area contributed by atoms with Crippen molar-refractivity contribution in [3.8, 4) is 11.5 Å². The molecule has 1 aromatic carbocycles. The summed E-state index contributed by atoms with van der Waals surface area (Å²) in [6.07, 6.45) is 6.80. The van der Waals surface area contributed by atoms with Gasteiger partial charge in [0.2, 0.25) is 21.8 Å². The van der Waals surface area contributed by atoms with Crippen molar-refractivity contribution in [2.24, 2.45) is 5.92 Å². The molecule has 342 valence electrons. The molecule has 3 N–H and O–H groups in total. The molecule has 0 unspecified atom stereocenters. The van der Waals surface area contributed by atoms with Gasteiger partial charge in [-0.25, -0.2) is 27.0 Å². The zero-order valence-electron chi connectivity index (χ0n) is 37.1. The van der Waals surface area contributed by atoms with Crippen LogP contribution in [0.15, 0.2) is 61.4 Å². The van der Waals surface area contributed by atoms with Crippen molar-refractivity contribution >= 4 is 44.7 Å². The SMILES string of the molecule is C=CCCCCC[C@H](NC(=O)OC(C)(C)C)C(=O)N1C[C@]2(C[C@H]1C(=O)N[C@]1(C(=O)NS(=O)(=O)C3(C)CC3)C=C=C[C@H]1C=C)CC(F)(F)c1c(c(C(C)C)nc3ccc(OC)cc13)O2. The summed E-state index contributed by atoms with van der Waals surface area (Å²) >= 11 is 0. The van der Waals surface area contributed by atoms with Gasteiger partial charge < -0.3 is 29.7 Å². The molecule has 2 fully saturated rings. The van der Waals surface area contributed by atoms with Gasteiger partial charge in [-0.2, -0.15) is 0 Å². The fourth-order valence-corrected chi connectivity index (χ4v) is 9.83. The number of sulfonamides is 1. The quantitative estimate of drug-likeness (QED) is 0.0903. The number of rotatable bonds is 16. The van der Waals surface area contributed by atoms with Crippen LogP contribution in [-0.4, -0.2) is 89.3 Å². The van der Waals surface area contributed by atoms with E-state index < -0.39 is 110 Å². The summed E-state index contributed by atoms with van der Waals surface area (Å²) in [5.74, 6) is -7.66. The fourth-order valence-electron chi connectivity index (χ4n) is 8.53. The standard InChI is InChI=1S/C46H59F2N5O9S/c1-10-12-13-14-15-18-33(50-41(57)62-42(5,6)7)39(55)53-27-44(26-46(47,48)35-31-24-30(60-9)19-20-32(31)49-36(28(3)4)37(35)61-44)25-34(53)38(54)51-45(21-16-17-29(45)11-2)40(56)52-63(58,59)43(8)22-23-43/h10-11,17,19-21,24,28-29,33-34H,1-2,12-15,18,22-23,25-27H2,3-9H3,(H,50,57)(H,51,54)(H,52,56)/t29-,33+,34+,44+,45-/m1/s1. The van der Waals surface area contributed by atoms with E-state index in [1.165, 1.54) is 38.3 Å². The van der Waals surface area contributed by atoms with Crippen LogP contribution in [0, 0.1) is 5.92 Å². The number of hydrogen-bond acceptors (Lipinski definition) is 10. The van der Waals surface area contributed by atoms with E-state index in [2.05, 4.69) is 34.2 Å². The highest BCUT2D eigenvalue weighted by Gasteiger charge is 2.61. The summed E-state index contributed by atoms with van der Waals surface area (Å²) in [6, 6.07) is 1.84. The minimum absolute atomic E-state index is 0.107. The molecule has 1 saturated heterocycles. The van der Waals surface area contributed by atoms with Crippen LogP contribution in [0.25, 0.3) is 10.9 Å². The minimum atomic E-state index is -4.20. The van der Waals surface area contributed by atoms with E-state index in [9.17, 15) is 22.8 Å². The number of hydrogen-bond donors (Lipinski definition) is 3. The van der Waals surface area contributed by atoms with Crippen LogP contribution >= 0.6 is 0 Å². The number of aromatic nitrogens is 1. The first kappa shape index (κ1) is 47.2. The van der Waals surface area contributed by atoms with E-state index in [0.717, 1.165) is 17.7 Å². The van der Waals surface area contributed by atoms with E-state index in [1.54, 1.807) is 52.8 Å². The zero-order chi connectivity index (χ0) is 46.3. The molecule has 1 aromatic heterocycles. The Morgan fingerprint density at radius 3 is 2.46 bits per heavy atom. The lowest BCUT2D eigenvalue weighted by molar-refractivity contribution is -0.142. The summed E-state index contributed by atoms with van der Waals surface area (Å²) in [6.45, 7) is 17.1. The first-order valence-electron chi connectivity index (χ1n) is 21.4. The third-order valence-electron chi connectivity index (χ3n) is 12.2. The molecule has 5 atom stereocenters. The molecule has 3 heterocycles. The van der Waals surface area contributed by atoms with Gasteiger partial charge in [-0.05, 0) is 96.1 Å². The first-order valence-corrected chi connectivity index (χ1v) is 22.9. The van der Waals surface area contributed by atoms with Crippen LogP contribution in [0.1, 0.15) is 117 Å². The number of unbranched alkanes of at least 4 members (excludes halogenated alkanes) is 3. The van der Waals surface area contributed by atoms with E-state index in [4.69, 9.17) is 19.2 Å². The average Bonchev–Trinajstić information content (AvgIpc) is 3.67. The number of alkyl halides is 2. The van der Waals surface area contributed by atoms with Crippen molar-refractivity contribution in [3.05, 3.63) is 72.6 Å². The van der Waals surface area contributed by atoms with Gasteiger partial charge in [0.1, 0.15) is 29.0 Å². The Balaban J connectivity index is 1.44. The molecule has 0 radical (unpaired) electrons. The third kappa shape index (κ3) is 9.50. The second kappa shape index (κ2) is 17.4. The van der Waals surface area contributed by atoms with Crippen LogP contribution in [0.4, 0.5) is 13.6 Å². The Morgan fingerprint density at radius 2 is 1.84 bits per heavy atom. The monoisotopic (exact) mass is 895 g/mol. The smallest absolute Gasteiger partial charge is 0.408 e. The van der Waals surface area contributed by atoms with Crippen LogP contribution in [-0.2, 0) is 35.1 Å². The molecule has 1 spiro atoms. The lowest BCUT2D eigenvalue weighted by atomic mass is 9.83. The van der Waals surface area contributed by atoms with Crippen molar-refractivity contribution in [3.63, 3.8) is 0 Å². The maximum Gasteiger partial charge on any atom is 0.408 e. The normalized spacial score (nSPS) is 24.6. The molecule has 4 aliphatic rings. The average molecular weight is 896 g/mol. The van der Waals surface area contributed by atoms with Gasteiger partial charge in [-0.15, -0.1) is 18.9 Å². The Bertz CT molecular complexity index is 2370. The second-order valence-corrected chi connectivity index (χ2v) is 20.9. The number of allylic oxidation sites excluding steroid dienone is 1. The zero-order valence-corrected chi connectivity index (χ0v) is 37.9. The van der Waals surface area contributed by atoms with Crippen molar-refractivity contribution < 1.29 is 50.6 Å². The minimum Gasteiger partial charge on any atom is -0.497 e. The van der Waals surface area contributed by atoms with Gasteiger partial charge in [-0.3, -0.25) is 19.1 Å². The molecule has 63 heavy (non-hydrogen) atoms. The molecule has 2 aliphatic carbocycles. The van der Waals surface area contributed by atoms with Gasteiger partial charge in [0, 0.05) is 17.7 Å². The van der Waals surface area contributed by atoms with Crippen molar-refractivity contribution in [2.45, 2.75) is 145 Å². The summed E-state index contributed by atoms with van der Waals surface area (Å²) in [5, 5.41) is 5.48. The number of nitrogens with one attached hydrogen (secondary N) is 3. The number of fused-ring (bicyclic) bond motifs is 3. The predicted octanol–water partition coefficient (Wildman–Crippen LogP) is 6.99. The maximum absolute atomic E-state index is 17.2. The number of nitrogens with zero attached hydrogens (tertiary/aromatic N) is 2. The number of carbonyl (C=O) groups excluding carboxylic acids is 4. The molecular formula is C46H59F2N5O9S. The second-order valence-electron chi connectivity index (χ2n) is 18.7. The fraction of sp³-hybridized carbons (Fsp3) is 0.565. The van der Waals surface area contributed by atoms with Gasteiger partial charge in [0.05, 0.1) is 41.6 Å². The van der Waals surface area contributed by atoms with Gasteiger partial charge in [0.25, 0.3) is 11.8 Å². The summed E-state index contributed by atoms with van der Waals surface area (Å²) < 4.78 is 79.6. The van der Waals surface area contributed by atoms with Gasteiger partial charge in [0.15, 0.2) is 11.3 Å². The van der Waals surface area contributed by atoms with Crippen LogP contribution in [0.2, 0.25) is 0 Å². The lowest BCUT2D eigenvalue weighted by Crippen LogP contribution is -2.64. The molecule has 1 saturated carbocycles. The number of halogens is 2.